The standard InChI is InChI=1S/C27H23N3O5S/c1-14-11-16(8-9-19(14)34-3)24(31)22-23(17-7-5-6-10-28-17)30(26(33)25(22)32)27-29-18-12-15(2)20(35-4)13-21(18)36-27/h5-13,23,31H,1-4H3/b24-22+. The van der Waals surface area contributed by atoms with Crippen LogP contribution in [0.2, 0.25) is 0 Å². The molecular weight excluding hydrogens is 478 g/mol. The van der Waals surface area contributed by atoms with Gasteiger partial charge in [-0.25, -0.2) is 4.98 Å². The molecule has 36 heavy (non-hydrogen) atoms. The van der Waals surface area contributed by atoms with Crippen LogP contribution in [-0.2, 0) is 9.59 Å². The molecule has 9 heteroatoms. The molecule has 3 heterocycles. The third-order valence-electron chi connectivity index (χ3n) is 6.18. The number of amides is 1. The van der Waals surface area contributed by atoms with E-state index in [0.717, 1.165) is 15.8 Å². The summed E-state index contributed by atoms with van der Waals surface area (Å²) < 4.78 is 11.5. The highest BCUT2D eigenvalue weighted by molar-refractivity contribution is 7.22. The van der Waals surface area contributed by atoms with Gasteiger partial charge in [0.2, 0.25) is 0 Å². The second-order valence-electron chi connectivity index (χ2n) is 8.39. The van der Waals surface area contributed by atoms with E-state index in [4.69, 9.17) is 9.47 Å². The van der Waals surface area contributed by atoms with Crippen molar-refractivity contribution in [2.75, 3.05) is 19.1 Å². The molecule has 1 aliphatic rings. The predicted octanol–water partition coefficient (Wildman–Crippen LogP) is 4.95. The number of aliphatic hydroxyl groups is 1. The minimum atomic E-state index is -0.947. The van der Waals surface area contributed by atoms with E-state index in [1.54, 1.807) is 56.8 Å². The number of hydrogen-bond acceptors (Lipinski definition) is 8. The summed E-state index contributed by atoms with van der Waals surface area (Å²) in [5.41, 5.74) is 3.16. The quantitative estimate of drug-likeness (QED) is 0.234. The van der Waals surface area contributed by atoms with Gasteiger partial charge in [-0.2, -0.15) is 0 Å². The number of aromatic nitrogens is 2. The lowest BCUT2D eigenvalue weighted by atomic mass is 9.97. The average molecular weight is 502 g/mol. The number of hydrogen-bond donors (Lipinski definition) is 1. The Morgan fingerprint density at radius 2 is 1.75 bits per heavy atom. The number of ketones is 1. The molecule has 1 amide bonds. The molecule has 1 fully saturated rings. The number of anilines is 1. The molecule has 0 spiro atoms. The number of pyridine rings is 1. The zero-order valence-electron chi connectivity index (χ0n) is 20.1. The Bertz CT molecular complexity index is 1540. The number of benzene rings is 2. The van der Waals surface area contributed by atoms with Crippen molar-refractivity contribution in [1.29, 1.82) is 0 Å². The van der Waals surface area contributed by atoms with Gasteiger partial charge < -0.3 is 14.6 Å². The first-order valence-electron chi connectivity index (χ1n) is 11.2. The van der Waals surface area contributed by atoms with Gasteiger partial charge in [0.1, 0.15) is 23.3 Å². The second-order valence-corrected chi connectivity index (χ2v) is 9.40. The molecule has 0 radical (unpaired) electrons. The molecule has 8 nitrogen and oxygen atoms in total. The van der Waals surface area contributed by atoms with E-state index >= 15 is 0 Å². The van der Waals surface area contributed by atoms with Gasteiger partial charge in [-0.3, -0.25) is 19.5 Å². The molecule has 1 unspecified atom stereocenters. The number of methoxy groups -OCH3 is 2. The lowest BCUT2D eigenvalue weighted by molar-refractivity contribution is -0.132. The van der Waals surface area contributed by atoms with Crippen LogP contribution in [0.25, 0.3) is 16.0 Å². The number of thiazole rings is 1. The van der Waals surface area contributed by atoms with Crippen LogP contribution in [-0.4, -0.2) is 41.0 Å². The molecule has 1 aliphatic heterocycles. The number of nitrogens with zero attached hydrogens (tertiary/aromatic N) is 3. The van der Waals surface area contributed by atoms with Crippen LogP contribution in [0.15, 0.2) is 60.3 Å². The van der Waals surface area contributed by atoms with Crippen LogP contribution in [0.4, 0.5) is 5.13 Å². The van der Waals surface area contributed by atoms with Crippen molar-refractivity contribution in [3.63, 3.8) is 0 Å². The van der Waals surface area contributed by atoms with Crippen LogP contribution in [0.1, 0.15) is 28.4 Å². The first-order valence-corrected chi connectivity index (χ1v) is 12.0. The van der Waals surface area contributed by atoms with Gasteiger partial charge in [-0.05, 0) is 67.4 Å². The predicted molar refractivity (Wildman–Crippen MR) is 138 cm³/mol. The third-order valence-corrected chi connectivity index (χ3v) is 7.20. The summed E-state index contributed by atoms with van der Waals surface area (Å²) in [7, 11) is 3.15. The van der Waals surface area contributed by atoms with Crippen molar-refractivity contribution in [2.24, 2.45) is 0 Å². The first-order chi connectivity index (χ1) is 17.3. The molecule has 1 N–H and O–H groups in total. The Balaban J connectivity index is 1.71. The van der Waals surface area contributed by atoms with Gasteiger partial charge in [-0.15, -0.1) is 0 Å². The Morgan fingerprint density at radius 1 is 1.00 bits per heavy atom. The Hall–Kier alpha value is -4.24. The zero-order valence-corrected chi connectivity index (χ0v) is 20.9. The fourth-order valence-electron chi connectivity index (χ4n) is 4.40. The van der Waals surface area contributed by atoms with Crippen molar-refractivity contribution < 1.29 is 24.2 Å². The van der Waals surface area contributed by atoms with E-state index in [1.807, 2.05) is 26.0 Å². The zero-order chi connectivity index (χ0) is 25.6. The summed E-state index contributed by atoms with van der Waals surface area (Å²) >= 11 is 1.27. The summed E-state index contributed by atoms with van der Waals surface area (Å²) in [6.45, 7) is 3.75. The number of Topliss-reactive ketones (excluding diaryl/α,β-unsaturated/α-hetero) is 1. The SMILES string of the molecule is COc1ccc(/C(O)=C2\C(=O)C(=O)N(c3nc4cc(C)c(OC)cc4s3)C2c2ccccn2)cc1C. The highest BCUT2D eigenvalue weighted by Crippen LogP contribution is 2.44. The highest BCUT2D eigenvalue weighted by Gasteiger charge is 2.48. The number of ether oxygens (including phenoxy) is 2. The molecule has 0 bridgehead atoms. The maximum atomic E-state index is 13.4. The molecule has 2 aromatic carbocycles. The number of aliphatic hydroxyl groups excluding tert-OH is 1. The third kappa shape index (κ3) is 3.77. The second kappa shape index (κ2) is 9.09. The summed E-state index contributed by atoms with van der Waals surface area (Å²) in [4.78, 5) is 37.2. The van der Waals surface area contributed by atoms with E-state index in [0.29, 0.717) is 33.4 Å². The van der Waals surface area contributed by atoms with E-state index in [9.17, 15) is 14.7 Å². The van der Waals surface area contributed by atoms with Crippen LogP contribution in [0.5, 0.6) is 11.5 Å². The molecule has 4 aromatic rings. The fourth-order valence-corrected chi connectivity index (χ4v) is 5.40. The lowest BCUT2D eigenvalue weighted by Crippen LogP contribution is -2.29. The smallest absolute Gasteiger partial charge is 0.301 e. The normalized spacial score (nSPS) is 17.1. The molecular formula is C27H23N3O5S. The number of rotatable bonds is 5. The average Bonchev–Trinajstić information content (AvgIpc) is 3.40. The Labute approximate surface area is 211 Å². The monoisotopic (exact) mass is 501 g/mol. The molecule has 5 rings (SSSR count). The van der Waals surface area contributed by atoms with Crippen molar-refractivity contribution in [3.8, 4) is 11.5 Å². The first kappa shape index (κ1) is 23.5. The van der Waals surface area contributed by atoms with Crippen LogP contribution in [0.3, 0.4) is 0 Å². The minimum absolute atomic E-state index is 0.0451. The van der Waals surface area contributed by atoms with Crippen molar-refractivity contribution >= 4 is 44.1 Å². The van der Waals surface area contributed by atoms with Crippen LogP contribution >= 0.6 is 11.3 Å². The van der Waals surface area contributed by atoms with Crippen molar-refractivity contribution in [2.45, 2.75) is 19.9 Å². The van der Waals surface area contributed by atoms with Crippen molar-refractivity contribution in [3.05, 3.63) is 82.7 Å². The number of aryl methyl sites for hydroxylation is 2. The molecule has 0 aliphatic carbocycles. The maximum Gasteiger partial charge on any atom is 0.301 e. The van der Waals surface area contributed by atoms with E-state index in [2.05, 4.69) is 9.97 Å². The van der Waals surface area contributed by atoms with Crippen molar-refractivity contribution in [1.82, 2.24) is 9.97 Å². The summed E-state index contributed by atoms with van der Waals surface area (Å²) in [6.07, 6.45) is 1.58. The maximum absolute atomic E-state index is 13.4. The van der Waals surface area contributed by atoms with E-state index in [-0.39, 0.29) is 11.3 Å². The van der Waals surface area contributed by atoms with Gasteiger partial charge in [0.25, 0.3) is 5.78 Å². The molecule has 2 aromatic heterocycles. The minimum Gasteiger partial charge on any atom is -0.507 e. The van der Waals surface area contributed by atoms with Crippen LogP contribution in [0, 0.1) is 13.8 Å². The summed E-state index contributed by atoms with van der Waals surface area (Å²) in [5.74, 6) is -0.509. The van der Waals surface area contributed by atoms with Gasteiger partial charge in [0, 0.05) is 11.8 Å². The molecule has 182 valence electrons. The molecule has 0 saturated carbocycles. The fraction of sp³-hybridized carbons (Fsp3) is 0.185. The number of carbonyl (C=O) groups is 2. The Kier molecular flexibility index (Phi) is 5.93. The largest absolute Gasteiger partial charge is 0.507 e. The number of carbonyl (C=O) groups excluding carboxylic acids is 2. The van der Waals surface area contributed by atoms with Gasteiger partial charge in [0.05, 0.1) is 35.7 Å². The van der Waals surface area contributed by atoms with Gasteiger partial charge in [0.15, 0.2) is 5.13 Å². The summed E-state index contributed by atoms with van der Waals surface area (Å²) in [5, 5.41) is 11.6. The lowest BCUT2D eigenvalue weighted by Gasteiger charge is -2.22. The highest BCUT2D eigenvalue weighted by atomic mass is 32.1. The van der Waals surface area contributed by atoms with Gasteiger partial charge >= 0.3 is 5.91 Å². The molecule has 1 atom stereocenters. The van der Waals surface area contributed by atoms with Crippen LogP contribution < -0.4 is 14.4 Å². The number of fused-ring (bicyclic) bond motifs is 1. The topological polar surface area (TPSA) is 102 Å². The summed E-state index contributed by atoms with van der Waals surface area (Å²) in [6, 6.07) is 13.1. The molecule has 1 saturated heterocycles. The van der Waals surface area contributed by atoms with E-state index < -0.39 is 17.7 Å². The van der Waals surface area contributed by atoms with E-state index in [1.165, 1.54) is 16.2 Å². The van der Waals surface area contributed by atoms with Gasteiger partial charge in [-0.1, -0.05) is 17.4 Å². The Morgan fingerprint density at radius 3 is 2.42 bits per heavy atom.